The fraction of sp³-hybridized carbons (Fsp3) is 0.267. The molecule has 7 nitrogen and oxygen atoms in total. The van der Waals surface area contributed by atoms with E-state index in [4.69, 9.17) is 9.47 Å². The van der Waals surface area contributed by atoms with Gasteiger partial charge in [-0.25, -0.2) is 14.5 Å². The Labute approximate surface area is 126 Å². The summed E-state index contributed by atoms with van der Waals surface area (Å²) in [5, 5.41) is 7.59. The van der Waals surface area contributed by atoms with Gasteiger partial charge in [0, 0.05) is 30.6 Å². The Morgan fingerprint density at radius 1 is 1.18 bits per heavy atom. The van der Waals surface area contributed by atoms with Gasteiger partial charge in [0.05, 0.1) is 19.4 Å². The summed E-state index contributed by atoms with van der Waals surface area (Å²) in [4.78, 5) is 8.85. The molecule has 0 unspecified atom stereocenters. The van der Waals surface area contributed by atoms with Crippen LogP contribution >= 0.6 is 0 Å². The number of nitrogens with zero attached hydrogens (tertiary/aromatic N) is 4. The Hall–Kier alpha value is -2.67. The maximum Gasteiger partial charge on any atom is 0.213 e. The lowest BCUT2D eigenvalue weighted by molar-refractivity contribution is 0.106. The maximum absolute atomic E-state index is 5.61. The highest BCUT2D eigenvalue weighted by molar-refractivity contribution is 5.77. The largest absolute Gasteiger partial charge is 0.475 e. The van der Waals surface area contributed by atoms with E-state index in [-0.39, 0.29) is 0 Å². The summed E-state index contributed by atoms with van der Waals surface area (Å²) in [6, 6.07) is 5.72. The molecule has 0 saturated carbocycles. The molecule has 4 bridgehead atoms. The lowest BCUT2D eigenvalue weighted by atomic mass is 10.1. The van der Waals surface area contributed by atoms with Gasteiger partial charge in [-0.2, -0.15) is 5.10 Å². The molecular weight excluding hydrogens is 282 g/mol. The Morgan fingerprint density at radius 3 is 3.18 bits per heavy atom. The van der Waals surface area contributed by atoms with Crippen molar-refractivity contribution in [1.29, 1.82) is 0 Å². The minimum Gasteiger partial charge on any atom is -0.475 e. The number of ether oxygens (including phenoxy) is 2. The van der Waals surface area contributed by atoms with E-state index >= 15 is 0 Å². The highest BCUT2D eigenvalue weighted by Crippen LogP contribution is 2.26. The zero-order valence-electron chi connectivity index (χ0n) is 11.9. The van der Waals surface area contributed by atoms with Crippen LogP contribution in [0.3, 0.4) is 0 Å². The van der Waals surface area contributed by atoms with E-state index in [2.05, 4.69) is 20.4 Å². The van der Waals surface area contributed by atoms with Crippen molar-refractivity contribution < 1.29 is 9.47 Å². The SMILES string of the molecule is c1cc2cc(n1)OCCOCCNc1ccn3ncc-2c3n1. The molecule has 4 rings (SSSR count). The van der Waals surface area contributed by atoms with Crippen LogP contribution in [-0.2, 0) is 4.74 Å². The fourth-order valence-corrected chi connectivity index (χ4v) is 2.39. The van der Waals surface area contributed by atoms with Crippen molar-refractivity contribution in [3.8, 4) is 17.0 Å². The van der Waals surface area contributed by atoms with Crippen molar-refractivity contribution in [2.45, 2.75) is 0 Å². The average Bonchev–Trinajstić information content (AvgIpc) is 2.97. The van der Waals surface area contributed by atoms with Crippen molar-refractivity contribution in [1.82, 2.24) is 19.6 Å². The topological polar surface area (TPSA) is 73.6 Å². The number of rotatable bonds is 0. The minimum atomic E-state index is 0.476. The molecule has 0 saturated heterocycles. The highest BCUT2D eigenvalue weighted by atomic mass is 16.5. The molecule has 1 aliphatic rings. The highest BCUT2D eigenvalue weighted by Gasteiger charge is 2.11. The minimum absolute atomic E-state index is 0.476. The molecule has 0 radical (unpaired) electrons. The van der Waals surface area contributed by atoms with Gasteiger partial charge in [0.25, 0.3) is 0 Å². The lowest BCUT2D eigenvalue weighted by Crippen LogP contribution is -2.14. The molecule has 7 heteroatoms. The number of aromatic nitrogens is 4. The first kappa shape index (κ1) is 13.0. The summed E-state index contributed by atoms with van der Waals surface area (Å²) in [5.41, 5.74) is 2.71. The van der Waals surface area contributed by atoms with Gasteiger partial charge in [0.15, 0.2) is 5.65 Å². The van der Waals surface area contributed by atoms with Crippen molar-refractivity contribution in [2.24, 2.45) is 0 Å². The van der Waals surface area contributed by atoms with Crippen LogP contribution in [0.1, 0.15) is 0 Å². The number of hydrogen-bond donors (Lipinski definition) is 1. The van der Waals surface area contributed by atoms with Gasteiger partial charge in [0.2, 0.25) is 5.88 Å². The maximum atomic E-state index is 5.61. The molecule has 22 heavy (non-hydrogen) atoms. The molecule has 0 fully saturated rings. The first-order valence-electron chi connectivity index (χ1n) is 7.15. The van der Waals surface area contributed by atoms with Gasteiger partial charge in [0.1, 0.15) is 12.4 Å². The molecule has 0 spiro atoms. The van der Waals surface area contributed by atoms with E-state index in [0.717, 1.165) is 22.6 Å². The molecule has 0 aliphatic carbocycles. The molecular formula is C15H15N5O2. The number of anilines is 1. The summed E-state index contributed by atoms with van der Waals surface area (Å²) in [6.07, 6.45) is 5.42. The summed E-state index contributed by atoms with van der Waals surface area (Å²) in [5.74, 6) is 1.38. The third kappa shape index (κ3) is 2.46. The molecule has 3 aromatic rings. The second-order valence-corrected chi connectivity index (χ2v) is 4.91. The predicted octanol–water partition coefficient (Wildman–Crippen LogP) is 1.61. The van der Waals surface area contributed by atoms with Crippen LogP contribution in [-0.4, -0.2) is 45.9 Å². The Kier molecular flexibility index (Phi) is 3.32. The standard InChI is InChI=1S/C15H15N5O2/c1-3-17-14-9-11(1)12-10-18-20-5-2-13(19-15(12)20)16-4-6-21-7-8-22-14/h1-3,5,9-10H,4,6-8H2,(H,16,19). The van der Waals surface area contributed by atoms with Crippen LogP contribution < -0.4 is 10.1 Å². The molecule has 112 valence electrons. The molecule has 1 N–H and O–H groups in total. The van der Waals surface area contributed by atoms with Crippen LogP contribution in [0.5, 0.6) is 5.88 Å². The van der Waals surface area contributed by atoms with Gasteiger partial charge >= 0.3 is 0 Å². The third-order valence-corrected chi connectivity index (χ3v) is 3.45. The van der Waals surface area contributed by atoms with Gasteiger partial charge in [-0.05, 0) is 17.7 Å². The first-order chi connectivity index (χ1) is 10.9. The lowest BCUT2D eigenvalue weighted by Gasteiger charge is -2.10. The second kappa shape index (κ2) is 5.61. The van der Waals surface area contributed by atoms with Crippen molar-refractivity contribution >= 4 is 11.5 Å². The van der Waals surface area contributed by atoms with Crippen molar-refractivity contribution in [3.05, 3.63) is 36.8 Å². The average molecular weight is 297 g/mol. The van der Waals surface area contributed by atoms with Gasteiger partial charge in [-0.1, -0.05) is 0 Å². The number of fused-ring (bicyclic) bond motifs is 4. The van der Waals surface area contributed by atoms with E-state index in [1.54, 1.807) is 16.9 Å². The quantitative estimate of drug-likeness (QED) is 0.679. The van der Waals surface area contributed by atoms with Crippen molar-refractivity contribution in [3.63, 3.8) is 0 Å². The summed E-state index contributed by atoms with van der Waals surface area (Å²) < 4.78 is 12.9. The Balaban J connectivity index is 1.83. The molecule has 4 heterocycles. The number of nitrogens with one attached hydrogen (secondary N) is 1. The Morgan fingerprint density at radius 2 is 2.18 bits per heavy atom. The van der Waals surface area contributed by atoms with Gasteiger partial charge < -0.3 is 14.8 Å². The molecule has 0 atom stereocenters. The van der Waals surface area contributed by atoms with Crippen LogP contribution in [0.15, 0.2) is 36.8 Å². The smallest absolute Gasteiger partial charge is 0.213 e. The molecule has 1 aliphatic heterocycles. The van der Waals surface area contributed by atoms with E-state index in [1.807, 2.05) is 24.4 Å². The summed E-state index contributed by atoms with van der Waals surface area (Å²) in [7, 11) is 0. The normalized spacial score (nSPS) is 15.1. The molecule has 0 aromatic carbocycles. The van der Waals surface area contributed by atoms with E-state index < -0.39 is 0 Å². The monoisotopic (exact) mass is 297 g/mol. The third-order valence-electron chi connectivity index (χ3n) is 3.45. The molecule has 3 aromatic heterocycles. The summed E-state index contributed by atoms with van der Waals surface area (Å²) >= 11 is 0. The van der Waals surface area contributed by atoms with Crippen LogP contribution in [0.25, 0.3) is 16.8 Å². The zero-order valence-corrected chi connectivity index (χ0v) is 11.9. The first-order valence-corrected chi connectivity index (χ1v) is 7.15. The van der Waals surface area contributed by atoms with Crippen LogP contribution in [0.2, 0.25) is 0 Å². The van der Waals surface area contributed by atoms with E-state index in [0.29, 0.717) is 32.2 Å². The van der Waals surface area contributed by atoms with Gasteiger partial charge in [-0.3, -0.25) is 0 Å². The van der Waals surface area contributed by atoms with E-state index in [9.17, 15) is 0 Å². The number of hydrogen-bond acceptors (Lipinski definition) is 6. The van der Waals surface area contributed by atoms with Gasteiger partial charge in [-0.15, -0.1) is 0 Å². The fourth-order valence-electron chi connectivity index (χ4n) is 2.39. The van der Waals surface area contributed by atoms with Crippen LogP contribution in [0, 0.1) is 0 Å². The second-order valence-electron chi connectivity index (χ2n) is 4.91. The van der Waals surface area contributed by atoms with Crippen molar-refractivity contribution in [2.75, 3.05) is 31.7 Å². The molecule has 0 amide bonds. The Bertz CT molecular complexity index is 801. The predicted molar refractivity (Wildman–Crippen MR) is 81.0 cm³/mol. The summed E-state index contributed by atoms with van der Waals surface area (Å²) in [6.45, 7) is 2.29. The zero-order chi connectivity index (χ0) is 14.8. The van der Waals surface area contributed by atoms with Crippen LogP contribution in [0.4, 0.5) is 5.82 Å². The van der Waals surface area contributed by atoms with E-state index in [1.165, 1.54) is 0 Å². The number of pyridine rings is 1.